The molecule has 0 saturated carbocycles. The summed E-state index contributed by atoms with van der Waals surface area (Å²) < 4.78 is 1.64. The van der Waals surface area contributed by atoms with Crippen LogP contribution in [0.25, 0.3) is 33.8 Å². The molecule has 2 aromatic carbocycles. The maximum Gasteiger partial charge on any atom is 0.173 e. The van der Waals surface area contributed by atoms with Gasteiger partial charge in [-0.05, 0) is 30.2 Å². The van der Waals surface area contributed by atoms with Crippen LogP contribution in [-0.2, 0) is 13.6 Å². The molecule has 2 aromatic heterocycles. The van der Waals surface area contributed by atoms with E-state index in [1.807, 2.05) is 49.4 Å². The smallest absolute Gasteiger partial charge is 0.173 e. The van der Waals surface area contributed by atoms with Crippen LogP contribution in [0.15, 0.2) is 42.5 Å². The lowest BCUT2D eigenvalue weighted by molar-refractivity contribution is 0.478. The molecule has 0 unspecified atom stereocenters. The number of aromatic amines is 1. The molecule has 0 saturated heterocycles. The van der Waals surface area contributed by atoms with E-state index >= 15 is 0 Å². The lowest BCUT2D eigenvalue weighted by Crippen LogP contribution is -1.98. The minimum atomic E-state index is 0.114. The number of rotatable bonds is 3. The number of hydrogen-bond acceptors (Lipinski definition) is 4. The number of nitrogens with one attached hydrogen (secondary N) is 1. The van der Waals surface area contributed by atoms with E-state index in [-0.39, 0.29) is 5.75 Å². The monoisotopic (exact) mass is 333 g/mol. The first-order chi connectivity index (χ1) is 12.1. The van der Waals surface area contributed by atoms with Gasteiger partial charge in [-0.15, -0.1) is 0 Å². The maximum absolute atomic E-state index is 10.7. The van der Waals surface area contributed by atoms with Crippen LogP contribution in [0, 0.1) is 6.92 Å². The molecular weight excluding hydrogens is 314 g/mol. The predicted molar refractivity (Wildman–Crippen MR) is 98.0 cm³/mol. The third kappa shape index (κ3) is 2.47. The molecule has 6 heteroatoms. The first kappa shape index (κ1) is 15.4. The van der Waals surface area contributed by atoms with Crippen molar-refractivity contribution in [3.63, 3.8) is 0 Å². The van der Waals surface area contributed by atoms with Gasteiger partial charge in [0, 0.05) is 19.2 Å². The van der Waals surface area contributed by atoms with E-state index in [4.69, 9.17) is 5.73 Å². The standard InChI is InChI=1S/C19H19N5O/c1-11-8-14-15(9-13(11)10-20)22-19(21-14)17-18(25)16(23-24(17)2)12-6-4-3-5-7-12/h3-9,25H,10,20H2,1-2H3,(H,21,22). The van der Waals surface area contributed by atoms with Gasteiger partial charge in [0.1, 0.15) is 11.4 Å². The number of benzene rings is 2. The second kappa shape index (κ2) is 5.75. The minimum absolute atomic E-state index is 0.114. The normalized spacial score (nSPS) is 11.3. The lowest BCUT2D eigenvalue weighted by Gasteiger charge is -2.01. The zero-order valence-corrected chi connectivity index (χ0v) is 14.1. The highest BCUT2D eigenvalue weighted by Gasteiger charge is 2.21. The van der Waals surface area contributed by atoms with Crippen molar-refractivity contribution in [2.75, 3.05) is 0 Å². The fourth-order valence-electron chi connectivity index (χ4n) is 3.11. The number of H-pyrrole nitrogens is 1. The molecule has 0 spiro atoms. The SMILES string of the molecule is Cc1cc2[nH]c(-c3c(O)c(-c4ccccc4)nn3C)nc2cc1CN. The van der Waals surface area contributed by atoms with Gasteiger partial charge in [-0.1, -0.05) is 30.3 Å². The number of nitrogens with two attached hydrogens (primary N) is 1. The Morgan fingerprint density at radius 1 is 1.20 bits per heavy atom. The lowest BCUT2D eigenvalue weighted by atomic mass is 10.1. The Balaban J connectivity index is 1.88. The molecule has 2 heterocycles. The molecule has 0 amide bonds. The van der Waals surface area contributed by atoms with Crippen molar-refractivity contribution < 1.29 is 5.11 Å². The highest BCUT2D eigenvalue weighted by atomic mass is 16.3. The number of aryl methyl sites for hydroxylation is 2. The summed E-state index contributed by atoms with van der Waals surface area (Å²) in [5, 5.41) is 15.2. The van der Waals surface area contributed by atoms with Gasteiger partial charge < -0.3 is 15.8 Å². The summed E-state index contributed by atoms with van der Waals surface area (Å²) in [6.07, 6.45) is 0. The number of aromatic hydroxyl groups is 1. The zero-order chi connectivity index (χ0) is 17.6. The summed E-state index contributed by atoms with van der Waals surface area (Å²) in [6, 6.07) is 13.6. The van der Waals surface area contributed by atoms with E-state index in [9.17, 15) is 5.11 Å². The number of aromatic nitrogens is 4. The first-order valence-corrected chi connectivity index (χ1v) is 8.09. The average molecular weight is 333 g/mol. The van der Waals surface area contributed by atoms with Gasteiger partial charge >= 0.3 is 0 Å². The van der Waals surface area contributed by atoms with Crippen molar-refractivity contribution in [1.29, 1.82) is 0 Å². The second-order valence-corrected chi connectivity index (χ2v) is 6.12. The highest BCUT2D eigenvalue weighted by molar-refractivity contribution is 5.83. The van der Waals surface area contributed by atoms with E-state index in [0.717, 1.165) is 27.7 Å². The maximum atomic E-state index is 10.7. The summed E-state index contributed by atoms with van der Waals surface area (Å²) >= 11 is 0. The van der Waals surface area contributed by atoms with Crippen LogP contribution in [0.5, 0.6) is 5.75 Å². The van der Waals surface area contributed by atoms with Crippen molar-refractivity contribution in [2.45, 2.75) is 13.5 Å². The quantitative estimate of drug-likeness (QED) is 0.537. The van der Waals surface area contributed by atoms with Crippen molar-refractivity contribution in [3.8, 4) is 28.5 Å². The summed E-state index contributed by atoms with van der Waals surface area (Å²) in [6.45, 7) is 2.50. The van der Waals surface area contributed by atoms with Gasteiger partial charge in [-0.2, -0.15) is 5.10 Å². The zero-order valence-electron chi connectivity index (χ0n) is 14.1. The molecule has 0 fully saturated rings. The third-order valence-corrected chi connectivity index (χ3v) is 4.45. The van der Waals surface area contributed by atoms with Crippen molar-refractivity contribution in [2.24, 2.45) is 12.8 Å². The molecule has 0 radical (unpaired) electrons. The third-order valence-electron chi connectivity index (χ3n) is 4.45. The van der Waals surface area contributed by atoms with Gasteiger partial charge in [-0.3, -0.25) is 4.68 Å². The second-order valence-electron chi connectivity index (χ2n) is 6.12. The van der Waals surface area contributed by atoms with Crippen molar-refractivity contribution >= 4 is 11.0 Å². The molecule has 0 aliphatic heterocycles. The molecule has 0 bridgehead atoms. The van der Waals surface area contributed by atoms with Gasteiger partial charge in [0.15, 0.2) is 11.6 Å². The molecule has 0 aliphatic carbocycles. The largest absolute Gasteiger partial charge is 0.504 e. The Labute approximate surface area is 144 Å². The predicted octanol–water partition coefficient (Wildman–Crippen LogP) is 3.10. The Morgan fingerprint density at radius 2 is 1.96 bits per heavy atom. The molecule has 6 nitrogen and oxygen atoms in total. The van der Waals surface area contributed by atoms with Crippen LogP contribution in [0.1, 0.15) is 11.1 Å². The Bertz CT molecular complexity index is 1060. The molecule has 0 aliphatic rings. The molecular formula is C19H19N5O. The fourth-order valence-corrected chi connectivity index (χ4v) is 3.11. The first-order valence-electron chi connectivity index (χ1n) is 8.09. The summed E-state index contributed by atoms with van der Waals surface area (Å²) in [7, 11) is 1.80. The molecule has 4 aromatic rings. The number of hydrogen-bond donors (Lipinski definition) is 3. The van der Waals surface area contributed by atoms with Crippen LogP contribution < -0.4 is 5.73 Å². The fraction of sp³-hybridized carbons (Fsp3) is 0.158. The van der Waals surface area contributed by atoms with Crippen LogP contribution in [0.4, 0.5) is 0 Å². The van der Waals surface area contributed by atoms with Gasteiger partial charge in [0.25, 0.3) is 0 Å². The van der Waals surface area contributed by atoms with Crippen LogP contribution in [0.3, 0.4) is 0 Å². The highest BCUT2D eigenvalue weighted by Crippen LogP contribution is 2.37. The Morgan fingerprint density at radius 3 is 2.68 bits per heavy atom. The van der Waals surface area contributed by atoms with Crippen LogP contribution in [-0.4, -0.2) is 24.9 Å². The number of nitrogens with zero attached hydrogens (tertiary/aromatic N) is 3. The van der Waals surface area contributed by atoms with E-state index in [1.165, 1.54) is 0 Å². The Hall–Kier alpha value is -3.12. The van der Waals surface area contributed by atoms with Crippen molar-refractivity contribution in [3.05, 3.63) is 53.6 Å². The summed E-state index contributed by atoms with van der Waals surface area (Å²) in [5.41, 5.74) is 11.6. The molecule has 25 heavy (non-hydrogen) atoms. The number of fused-ring (bicyclic) bond motifs is 1. The minimum Gasteiger partial charge on any atom is -0.504 e. The molecule has 0 atom stereocenters. The van der Waals surface area contributed by atoms with Crippen molar-refractivity contribution in [1.82, 2.24) is 19.7 Å². The molecule has 126 valence electrons. The molecule has 4 N–H and O–H groups in total. The van der Waals surface area contributed by atoms with E-state index < -0.39 is 0 Å². The topological polar surface area (TPSA) is 92.7 Å². The van der Waals surface area contributed by atoms with Gasteiger partial charge in [-0.25, -0.2) is 4.98 Å². The van der Waals surface area contributed by atoms with Gasteiger partial charge in [0.05, 0.1) is 11.0 Å². The van der Waals surface area contributed by atoms with E-state index in [2.05, 4.69) is 15.1 Å². The average Bonchev–Trinajstić information content (AvgIpc) is 3.14. The molecule has 4 rings (SSSR count). The van der Waals surface area contributed by atoms with E-state index in [1.54, 1.807) is 11.7 Å². The summed E-state index contributed by atoms with van der Waals surface area (Å²) in [5.74, 6) is 0.696. The van der Waals surface area contributed by atoms with E-state index in [0.29, 0.717) is 23.8 Å². The van der Waals surface area contributed by atoms with Crippen LogP contribution in [0.2, 0.25) is 0 Å². The summed E-state index contributed by atoms with van der Waals surface area (Å²) in [4.78, 5) is 7.91. The Kier molecular flexibility index (Phi) is 3.54. The van der Waals surface area contributed by atoms with Gasteiger partial charge in [0.2, 0.25) is 0 Å². The number of imidazole rings is 1. The van der Waals surface area contributed by atoms with Crippen LogP contribution >= 0.6 is 0 Å².